The second-order valence-corrected chi connectivity index (χ2v) is 7.54. The Bertz CT molecular complexity index is 389. The number of hydrogen-bond acceptors (Lipinski definition) is 3. The van der Waals surface area contributed by atoms with Crippen LogP contribution in [0.5, 0.6) is 0 Å². The van der Waals surface area contributed by atoms with Gasteiger partial charge in [-0.05, 0) is 50.7 Å². The summed E-state index contributed by atoms with van der Waals surface area (Å²) in [6.07, 6.45) is 6.37. The van der Waals surface area contributed by atoms with Gasteiger partial charge in [-0.1, -0.05) is 13.8 Å². The molecule has 2 rings (SSSR count). The lowest BCUT2D eigenvalue weighted by molar-refractivity contribution is 0.260. The lowest BCUT2D eigenvalue weighted by Gasteiger charge is -2.23. The third-order valence-corrected chi connectivity index (χ3v) is 5.27. The van der Waals surface area contributed by atoms with E-state index in [0.717, 1.165) is 12.1 Å². The Kier molecular flexibility index (Phi) is 5.67. The summed E-state index contributed by atoms with van der Waals surface area (Å²) in [6, 6.07) is 0. The van der Waals surface area contributed by atoms with Crippen LogP contribution in [0.2, 0.25) is 0 Å². The molecule has 1 aliphatic heterocycles. The Morgan fingerprint density at radius 3 is 2.95 bits per heavy atom. The molecule has 1 aromatic rings. The van der Waals surface area contributed by atoms with E-state index in [-0.39, 0.29) is 0 Å². The second kappa shape index (κ2) is 7.05. The first-order valence-electron chi connectivity index (χ1n) is 7.31. The van der Waals surface area contributed by atoms with Crippen molar-refractivity contribution in [3.8, 4) is 0 Å². The SMILES string of the molecule is CC1(C)CCCN(CCCc2nc(CCl)cs2)CC1. The van der Waals surface area contributed by atoms with Crippen molar-refractivity contribution in [2.45, 2.75) is 51.8 Å². The van der Waals surface area contributed by atoms with E-state index in [9.17, 15) is 0 Å². The molecule has 0 atom stereocenters. The highest BCUT2D eigenvalue weighted by Gasteiger charge is 2.22. The molecular weight excluding hydrogens is 276 g/mol. The van der Waals surface area contributed by atoms with Gasteiger partial charge in [-0.3, -0.25) is 0 Å². The molecule has 0 spiro atoms. The van der Waals surface area contributed by atoms with E-state index in [1.807, 2.05) is 0 Å². The summed E-state index contributed by atoms with van der Waals surface area (Å²) in [7, 11) is 0. The number of thiazole rings is 1. The zero-order valence-electron chi connectivity index (χ0n) is 12.1. The fraction of sp³-hybridized carbons (Fsp3) is 0.800. The summed E-state index contributed by atoms with van der Waals surface area (Å²) in [5.41, 5.74) is 1.57. The quantitative estimate of drug-likeness (QED) is 0.753. The predicted octanol–water partition coefficient (Wildman–Crippen LogP) is 4.33. The molecule has 0 aliphatic carbocycles. The highest BCUT2D eigenvalue weighted by atomic mass is 35.5. The molecule has 4 heteroatoms. The standard InChI is InChI=1S/C15H25ClN2S/c1-15(2)6-4-9-18(10-7-15)8-3-5-14-17-13(11-16)12-19-14/h12H,3-11H2,1-2H3. The van der Waals surface area contributed by atoms with Crippen molar-refractivity contribution < 1.29 is 0 Å². The van der Waals surface area contributed by atoms with E-state index < -0.39 is 0 Å². The van der Waals surface area contributed by atoms with Crippen molar-refractivity contribution in [2.24, 2.45) is 5.41 Å². The molecular formula is C15H25ClN2S. The first-order chi connectivity index (χ1) is 9.09. The minimum absolute atomic E-state index is 0.539. The monoisotopic (exact) mass is 300 g/mol. The summed E-state index contributed by atoms with van der Waals surface area (Å²) < 4.78 is 0. The molecule has 0 amide bonds. The van der Waals surface area contributed by atoms with Crippen LogP contribution in [0.15, 0.2) is 5.38 Å². The number of aryl methyl sites for hydroxylation is 1. The Balaban J connectivity index is 1.70. The molecule has 0 aromatic carbocycles. The summed E-state index contributed by atoms with van der Waals surface area (Å²) in [5.74, 6) is 0.539. The van der Waals surface area contributed by atoms with Gasteiger partial charge >= 0.3 is 0 Å². The molecule has 0 unspecified atom stereocenters. The smallest absolute Gasteiger partial charge is 0.0929 e. The minimum Gasteiger partial charge on any atom is -0.303 e. The minimum atomic E-state index is 0.539. The van der Waals surface area contributed by atoms with Gasteiger partial charge in [-0.2, -0.15) is 0 Å². The molecule has 1 aromatic heterocycles. The van der Waals surface area contributed by atoms with Crippen molar-refractivity contribution in [3.05, 3.63) is 16.1 Å². The van der Waals surface area contributed by atoms with Crippen LogP contribution in [-0.2, 0) is 12.3 Å². The second-order valence-electron chi connectivity index (χ2n) is 6.33. The van der Waals surface area contributed by atoms with Crippen molar-refractivity contribution in [3.63, 3.8) is 0 Å². The van der Waals surface area contributed by atoms with Crippen LogP contribution in [0.1, 0.15) is 50.2 Å². The van der Waals surface area contributed by atoms with Gasteiger partial charge in [-0.15, -0.1) is 22.9 Å². The lowest BCUT2D eigenvalue weighted by atomic mass is 9.85. The van der Waals surface area contributed by atoms with E-state index in [0.29, 0.717) is 11.3 Å². The number of hydrogen-bond donors (Lipinski definition) is 0. The summed E-state index contributed by atoms with van der Waals surface area (Å²) in [4.78, 5) is 7.15. The molecule has 19 heavy (non-hydrogen) atoms. The first-order valence-corrected chi connectivity index (χ1v) is 8.72. The average Bonchev–Trinajstić information content (AvgIpc) is 2.76. The van der Waals surface area contributed by atoms with Crippen LogP contribution in [0.4, 0.5) is 0 Å². The van der Waals surface area contributed by atoms with Crippen molar-refractivity contribution in [2.75, 3.05) is 19.6 Å². The molecule has 0 bridgehead atoms. The van der Waals surface area contributed by atoms with Gasteiger partial charge in [0.15, 0.2) is 0 Å². The van der Waals surface area contributed by atoms with Gasteiger partial charge in [0.05, 0.1) is 16.6 Å². The predicted molar refractivity (Wildman–Crippen MR) is 84.1 cm³/mol. The molecule has 0 radical (unpaired) electrons. The highest BCUT2D eigenvalue weighted by Crippen LogP contribution is 2.29. The van der Waals surface area contributed by atoms with Crippen LogP contribution in [0.3, 0.4) is 0 Å². The maximum absolute atomic E-state index is 5.78. The number of nitrogens with zero attached hydrogens (tertiary/aromatic N) is 2. The molecule has 1 aliphatic rings. The van der Waals surface area contributed by atoms with E-state index in [4.69, 9.17) is 11.6 Å². The third kappa shape index (κ3) is 5.05. The Labute approximate surface area is 126 Å². The lowest BCUT2D eigenvalue weighted by Crippen LogP contribution is -2.26. The Hall–Kier alpha value is -0.120. The normalized spacial score (nSPS) is 20.4. The van der Waals surface area contributed by atoms with Gasteiger partial charge in [0, 0.05) is 11.8 Å². The zero-order chi connectivity index (χ0) is 13.7. The maximum Gasteiger partial charge on any atom is 0.0929 e. The molecule has 0 saturated carbocycles. The van der Waals surface area contributed by atoms with Crippen LogP contribution in [0.25, 0.3) is 0 Å². The third-order valence-electron chi connectivity index (χ3n) is 4.03. The Morgan fingerprint density at radius 2 is 2.21 bits per heavy atom. The Morgan fingerprint density at radius 1 is 1.37 bits per heavy atom. The summed E-state index contributed by atoms with van der Waals surface area (Å²) >= 11 is 7.53. The number of rotatable bonds is 5. The topological polar surface area (TPSA) is 16.1 Å². The molecule has 1 fully saturated rings. The first kappa shape index (κ1) is 15.3. The molecule has 2 heterocycles. The zero-order valence-corrected chi connectivity index (χ0v) is 13.7. The number of halogens is 1. The van der Waals surface area contributed by atoms with Crippen molar-refractivity contribution >= 4 is 22.9 Å². The fourth-order valence-electron chi connectivity index (χ4n) is 2.68. The van der Waals surface area contributed by atoms with Gasteiger partial charge < -0.3 is 4.90 Å². The highest BCUT2D eigenvalue weighted by molar-refractivity contribution is 7.09. The van der Waals surface area contributed by atoms with E-state index in [1.54, 1.807) is 11.3 Å². The van der Waals surface area contributed by atoms with E-state index in [2.05, 4.69) is 29.1 Å². The van der Waals surface area contributed by atoms with Gasteiger partial charge in [0.1, 0.15) is 0 Å². The van der Waals surface area contributed by atoms with E-state index >= 15 is 0 Å². The van der Waals surface area contributed by atoms with Crippen LogP contribution in [0, 0.1) is 5.41 Å². The van der Waals surface area contributed by atoms with Crippen molar-refractivity contribution in [1.29, 1.82) is 0 Å². The average molecular weight is 301 g/mol. The summed E-state index contributed by atoms with van der Waals surface area (Å²) in [5, 5.41) is 3.32. The van der Waals surface area contributed by atoms with Gasteiger partial charge in [-0.25, -0.2) is 4.98 Å². The van der Waals surface area contributed by atoms with Gasteiger partial charge in [0.25, 0.3) is 0 Å². The summed E-state index contributed by atoms with van der Waals surface area (Å²) in [6.45, 7) is 8.55. The number of likely N-dealkylation sites (tertiary alicyclic amines) is 1. The maximum atomic E-state index is 5.78. The fourth-order valence-corrected chi connectivity index (χ4v) is 3.75. The van der Waals surface area contributed by atoms with E-state index in [1.165, 1.54) is 50.3 Å². The van der Waals surface area contributed by atoms with Gasteiger partial charge in [0.2, 0.25) is 0 Å². The number of alkyl halides is 1. The van der Waals surface area contributed by atoms with Crippen LogP contribution >= 0.6 is 22.9 Å². The molecule has 1 saturated heterocycles. The molecule has 108 valence electrons. The molecule has 2 nitrogen and oxygen atoms in total. The van der Waals surface area contributed by atoms with Crippen LogP contribution in [-0.4, -0.2) is 29.5 Å². The van der Waals surface area contributed by atoms with Crippen LogP contribution < -0.4 is 0 Å². The molecule has 0 N–H and O–H groups in total. The van der Waals surface area contributed by atoms with Crippen molar-refractivity contribution in [1.82, 2.24) is 9.88 Å². The largest absolute Gasteiger partial charge is 0.303 e. The number of aromatic nitrogens is 1.